The van der Waals surface area contributed by atoms with Crippen LogP contribution >= 0.6 is 11.3 Å². The minimum Gasteiger partial charge on any atom is -0.494 e. The van der Waals surface area contributed by atoms with E-state index in [2.05, 4.69) is 17.2 Å². The Kier molecular flexibility index (Phi) is 8.08. The SMILES string of the molecule is CCOC(=O)Cc1csc(NC(=O)CCCOc2ccc(CC)cc2)n1. The Bertz CT molecular complexity index is 713. The Morgan fingerprint density at radius 3 is 2.65 bits per heavy atom. The predicted molar refractivity (Wildman–Crippen MR) is 102 cm³/mol. The first-order chi connectivity index (χ1) is 12.6. The minimum atomic E-state index is -0.320. The smallest absolute Gasteiger partial charge is 0.311 e. The molecule has 0 atom stereocenters. The van der Waals surface area contributed by atoms with Gasteiger partial charge >= 0.3 is 5.97 Å². The van der Waals surface area contributed by atoms with Crippen molar-refractivity contribution in [2.45, 2.75) is 39.5 Å². The summed E-state index contributed by atoms with van der Waals surface area (Å²) < 4.78 is 10.5. The number of nitrogens with one attached hydrogen (secondary N) is 1. The molecular weight excluding hydrogens is 352 g/mol. The molecule has 0 bridgehead atoms. The Morgan fingerprint density at radius 2 is 1.96 bits per heavy atom. The number of esters is 1. The van der Waals surface area contributed by atoms with Crippen LogP contribution in [-0.2, 0) is 27.2 Å². The zero-order valence-electron chi connectivity index (χ0n) is 15.1. The van der Waals surface area contributed by atoms with E-state index in [0.29, 0.717) is 36.9 Å². The zero-order chi connectivity index (χ0) is 18.8. The van der Waals surface area contributed by atoms with E-state index in [4.69, 9.17) is 9.47 Å². The van der Waals surface area contributed by atoms with Crippen LogP contribution in [-0.4, -0.2) is 30.1 Å². The molecule has 140 valence electrons. The molecule has 0 saturated heterocycles. The number of carbonyl (C=O) groups is 2. The van der Waals surface area contributed by atoms with Gasteiger partial charge in [-0.25, -0.2) is 4.98 Å². The van der Waals surface area contributed by atoms with Crippen molar-refractivity contribution in [3.8, 4) is 5.75 Å². The zero-order valence-corrected chi connectivity index (χ0v) is 15.9. The molecule has 6 nitrogen and oxygen atoms in total. The van der Waals surface area contributed by atoms with Crippen molar-refractivity contribution in [1.82, 2.24) is 4.98 Å². The fourth-order valence-electron chi connectivity index (χ4n) is 2.23. The van der Waals surface area contributed by atoms with Crippen LogP contribution in [0.15, 0.2) is 29.6 Å². The molecular formula is C19H24N2O4S. The molecule has 0 unspecified atom stereocenters. The minimum absolute atomic E-state index is 0.116. The van der Waals surface area contributed by atoms with Crippen LogP contribution in [0, 0.1) is 0 Å². The van der Waals surface area contributed by atoms with Gasteiger partial charge in [-0.05, 0) is 37.5 Å². The number of nitrogens with zero attached hydrogens (tertiary/aromatic N) is 1. The van der Waals surface area contributed by atoms with Gasteiger partial charge in [-0.15, -0.1) is 11.3 Å². The fraction of sp³-hybridized carbons (Fsp3) is 0.421. The van der Waals surface area contributed by atoms with Gasteiger partial charge in [0, 0.05) is 11.8 Å². The molecule has 2 rings (SSSR count). The van der Waals surface area contributed by atoms with Gasteiger partial charge in [-0.2, -0.15) is 0 Å². The highest BCUT2D eigenvalue weighted by atomic mass is 32.1. The molecule has 0 radical (unpaired) electrons. The van der Waals surface area contributed by atoms with Gasteiger partial charge < -0.3 is 14.8 Å². The molecule has 1 heterocycles. The standard InChI is InChI=1S/C19H24N2O4S/c1-3-14-7-9-16(10-8-14)25-11-5-6-17(22)21-19-20-15(13-26-19)12-18(23)24-4-2/h7-10,13H,3-6,11-12H2,1-2H3,(H,20,21,22). The molecule has 0 saturated carbocycles. The quantitative estimate of drug-likeness (QED) is 0.506. The van der Waals surface area contributed by atoms with Gasteiger partial charge in [0.2, 0.25) is 5.91 Å². The van der Waals surface area contributed by atoms with E-state index in [0.717, 1.165) is 12.2 Å². The van der Waals surface area contributed by atoms with Crippen LogP contribution in [0.1, 0.15) is 37.9 Å². The number of amides is 1. The van der Waals surface area contributed by atoms with Crippen LogP contribution in [0.3, 0.4) is 0 Å². The molecule has 2 aromatic rings. The summed E-state index contributed by atoms with van der Waals surface area (Å²) in [6.07, 6.45) is 2.08. The lowest BCUT2D eigenvalue weighted by atomic mass is 10.2. The maximum Gasteiger partial charge on any atom is 0.311 e. The molecule has 1 aromatic carbocycles. The Labute approximate surface area is 157 Å². The first-order valence-electron chi connectivity index (χ1n) is 8.72. The van der Waals surface area contributed by atoms with Crippen molar-refractivity contribution in [3.63, 3.8) is 0 Å². The maximum atomic E-state index is 11.9. The molecule has 26 heavy (non-hydrogen) atoms. The van der Waals surface area contributed by atoms with Crippen LogP contribution in [0.2, 0.25) is 0 Å². The van der Waals surface area contributed by atoms with E-state index in [1.807, 2.05) is 24.3 Å². The van der Waals surface area contributed by atoms with Crippen molar-refractivity contribution < 1.29 is 19.1 Å². The second kappa shape index (κ2) is 10.6. The van der Waals surface area contributed by atoms with Crippen molar-refractivity contribution in [2.24, 2.45) is 0 Å². The van der Waals surface area contributed by atoms with E-state index >= 15 is 0 Å². The average molecular weight is 376 g/mol. The number of ether oxygens (including phenoxy) is 2. The van der Waals surface area contributed by atoms with Crippen LogP contribution in [0.5, 0.6) is 5.75 Å². The highest BCUT2D eigenvalue weighted by Crippen LogP contribution is 2.17. The Morgan fingerprint density at radius 1 is 1.19 bits per heavy atom. The molecule has 0 fully saturated rings. The Hall–Kier alpha value is -2.41. The maximum absolute atomic E-state index is 11.9. The average Bonchev–Trinajstić information content (AvgIpc) is 3.06. The number of hydrogen-bond acceptors (Lipinski definition) is 6. The van der Waals surface area contributed by atoms with E-state index in [1.54, 1.807) is 12.3 Å². The first kappa shape index (κ1) is 19.9. The third-order valence-corrected chi connectivity index (χ3v) is 4.38. The molecule has 0 aliphatic rings. The van der Waals surface area contributed by atoms with E-state index in [-0.39, 0.29) is 18.3 Å². The number of thiazole rings is 1. The second-order valence-electron chi connectivity index (χ2n) is 5.62. The lowest BCUT2D eigenvalue weighted by molar-refractivity contribution is -0.142. The van der Waals surface area contributed by atoms with Crippen molar-refractivity contribution in [1.29, 1.82) is 0 Å². The first-order valence-corrected chi connectivity index (χ1v) is 9.60. The fourth-order valence-corrected chi connectivity index (χ4v) is 2.96. The normalized spacial score (nSPS) is 10.4. The molecule has 0 spiro atoms. The number of carbonyl (C=O) groups excluding carboxylic acids is 2. The Balaban J connectivity index is 1.67. The van der Waals surface area contributed by atoms with Crippen LogP contribution in [0.25, 0.3) is 0 Å². The van der Waals surface area contributed by atoms with Crippen molar-refractivity contribution in [3.05, 3.63) is 40.9 Å². The summed E-state index contributed by atoms with van der Waals surface area (Å²) in [6.45, 7) is 4.69. The summed E-state index contributed by atoms with van der Waals surface area (Å²) in [5, 5.41) is 4.98. The van der Waals surface area contributed by atoms with Crippen LogP contribution in [0.4, 0.5) is 5.13 Å². The summed E-state index contributed by atoms with van der Waals surface area (Å²) in [6, 6.07) is 7.97. The van der Waals surface area contributed by atoms with Crippen molar-refractivity contribution in [2.75, 3.05) is 18.5 Å². The van der Waals surface area contributed by atoms with Gasteiger partial charge in [0.15, 0.2) is 5.13 Å². The highest BCUT2D eigenvalue weighted by Gasteiger charge is 2.10. The summed E-state index contributed by atoms with van der Waals surface area (Å²) >= 11 is 1.30. The largest absolute Gasteiger partial charge is 0.494 e. The molecule has 1 aromatic heterocycles. The molecule has 7 heteroatoms. The number of aryl methyl sites for hydroxylation is 1. The monoisotopic (exact) mass is 376 g/mol. The molecule has 1 N–H and O–H groups in total. The van der Waals surface area contributed by atoms with Gasteiger partial charge in [0.1, 0.15) is 5.75 Å². The highest BCUT2D eigenvalue weighted by molar-refractivity contribution is 7.13. The summed E-state index contributed by atoms with van der Waals surface area (Å²) in [7, 11) is 0. The lowest BCUT2D eigenvalue weighted by Crippen LogP contribution is -2.13. The summed E-state index contributed by atoms with van der Waals surface area (Å²) in [5.41, 5.74) is 1.87. The summed E-state index contributed by atoms with van der Waals surface area (Å²) in [4.78, 5) is 27.6. The number of hydrogen-bond donors (Lipinski definition) is 1. The van der Waals surface area contributed by atoms with Crippen molar-refractivity contribution >= 4 is 28.3 Å². The lowest BCUT2D eigenvalue weighted by Gasteiger charge is -2.06. The van der Waals surface area contributed by atoms with E-state index < -0.39 is 0 Å². The van der Waals surface area contributed by atoms with Crippen LogP contribution < -0.4 is 10.1 Å². The molecule has 0 aliphatic heterocycles. The number of benzene rings is 1. The predicted octanol–water partition coefficient (Wildman–Crippen LogP) is 3.61. The summed E-state index contributed by atoms with van der Waals surface area (Å²) in [5.74, 6) is 0.373. The van der Waals surface area contributed by atoms with Gasteiger partial charge in [-0.1, -0.05) is 19.1 Å². The number of anilines is 1. The van der Waals surface area contributed by atoms with E-state index in [1.165, 1.54) is 16.9 Å². The third kappa shape index (κ3) is 6.84. The van der Waals surface area contributed by atoms with Gasteiger partial charge in [-0.3, -0.25) is 9.59 Å². The van der Waals surface area contributed by atoms with Gasteiger partial charge in [0.25, 0.3) is 0 Å². The number of aromatic nitrogens is 1. The molecule has 1 amide bonds. The topological polar surface area (TPSA) is 77.5 Å². The van der Waals surface area contributed by atoms with Gasteiger partial charge in [0.05, 0.1) is 25.3 Å². The molecule has 0 aliphatic carbocycles. The second-order valence-corrected chi connectivity index (χ2v) is 6.48. The third-order valence-electron chi connectivity index (χ3n) is 3.58. The van der Waals surface area contributed by atoms with E-state index in [9.17, 15) is 9.59 Å². The number of rotatable bonds is 10.